The van der Waals surface area contributed by atoms with Crippen LogP contribution in [0.5, 0.6) is 0 Å². The molecule has 7 amide bonds. The van der Waals surface area contributed by atoms with Crippen LogP contribution in [0.25, 0.3) is 0 Å². The predicted octanol–water partition coefficient (Wildman–Crippen LogP) is 2.82. The summed E-state index contributed by atoms with van der Waals surface area (Å²) in [6, 6.07) is 2.68. The summed E-state index contributed by atoms with van der Waals surface area (Å²) in [7, 11) is 3.27. The van der Waals surface area contributed by atoms with E-state index >= 15 is 0 Å². The summed E-state index contributed by atoms with van der Waals surface area (Å²) in [5.74, 6) is -3.07. The van der Waals surface area contributed by atoms with Gasteiger partial charge in [0.1, 0.15) is 11.4 Å². The average molecular weight is 842 g/mol. The van der Waals surface area contributed by atoms with E-state index < -0.39 is 41.4 Å². The third kappa shape index (κ3) is 11.0. The molecule has 8 N–H and O–H groups in total. The number of imidazole rings is 3. The van der Waals surface area contributed by atoms with Crippen LogP contribution in [0.15, 0.2) is 49.3 Å². The van der Waals surface area contributed by atoms with E-state index in [1.807, 2.05) is 41.5 Å². The highest BCUT2D eigenvalue weighted by molar-refractivity contribution is 6.04. The van der Waals surface area contributed by atoms with Crippen molar-refractivity contribution < 1.29 is 33.6 Å². The van der Waals surface area contributed by atoms with Gasteiger partial charge in [0.2, 0.25) is 23.5 Å². The van der Waals surface area contributed by atoms with Crippen molar-refractivity contribution >= 4 is 64.4 Å². The van der Waals surface area contributed by atoms with Gasteiger partial charge in [-0.3, -0.25) is 33.6 Å². The lowest BCUT2D eigenvalue weighted by Gasteiger charge is -2.10. The number of nitrogens with one attached hydrogen (secondary N) is 6. The molecule has 0 bridgehead atoms. The van der Waals surface area contributed by atoms with Gasteiger partial charge in [0.05, 0.1) is 11.4 Å². The van der Waals surface area contributed by atoms with Crippen molar-refractivity contribution in [3.8, 4) is 0 Å². The molecule has 0 radical (unpaired) electrons. The number of carbonyl (C=O) groups is 7. The zero-order chi connectivity index (χ0) is 44.7. The van der Waals surface area contributed by atoms with Gasteiger partial charge in [-0.1, -0.05) is 0 Å². The highest BCUT2D eigenvalue weighted by Gasteiger charge is 2.23. The molecule has 5 aromatic rings. The Balaban J connectivity index is 1.10. The first-order chi connectivity index (χ1) is 28.8. The van der Waals surface area contributed by atoms with Crippen LogP contribution in [0.1, 0.15) is 125 Å². The summed E-state index contributed by atoms with van der Waals surface area (Å²) in [4.78, 5) is 102. The lowest BCUT2D eigenvalue weighted by Crippen LogP contribution is -2.29. The van der Waals surface area contributed by atoms with E-state index in [1.165, 1.54) is 35.3 Å². The van der Waals surface area contributed by atoms with Crippen molar-refractivity contribution in [2.24, 2.45) is 19.8 Å². The summed E-state index contributed by atoms with van der Waals surface area (Å²) in [5, 5.41) is 16.1. The number of nitrogens with two attached hydrogens (primary N) is 1. The molecule has 22 nitrogen and oxygen atoms in total. The number of rotatable bonds is 18. The van der Waals surface area contributed by atoms with Gasteiger partial charge in [0, 0.05) is 95.3 Å². The van der Waals surface area contributed by atoms with E-state index in [4.69, 9.17) is 5.73 Å². The zero-order valence-corrected chi connectivity index (χ0v) is 35.2. The first-order valence-corrected chi connectivity index (χ1v) is 19.4. The van der Waals surface area contributed by atoms with Crippen molar-refractivity contribution in [3.05, 3.63) is 78.2 Å². The number of anilines is 4. The van der Waals surface area contributed by atoms with Crippen LogP contribution in [-0.2, 0) is 23.7 Å². The first-order valence-electron chi connectivity index (χ1n) is 19.4. The number of primary amides is 1. The van der Waals surface area contributed by atoms with Crippen molar-refractivity contribution in [3.63, 3.8) is 0 Å². The van der Waals surface area contributed by atoms with Crippen molar-refractivity contribution in [1.82, 2.24) is 48.4 Å². The number of hydrogen-bond acceptors (Lipinski definition) is 10. The van der Waals surface area contributed by atoms with Crippen LogP contribution in [0.2, 0.25) is 0 Å². The van der Waals surface area contributed by atoms with Crippen LogP contribution in [-0.4, -0.2) is 92.2 Å². The van der Waals surface area contributed by atoms with Crippen molar-refractivity contribution in [2.75, 3.05) is 34.4 Å². The molecule has 0 aliphatic heterocycles. The third-order valence-electron chi connectivity index (χ3n) is 9.23. The fourth-order valence-corrected chi connectivity index (χ4v) is 6.21. The van der Waals surface area contributed by atoms with E-state index in [1.54, 1.807) is 51.0 Å². The normalized spacial score (nSPS) is 11.2. The number of amides is 7. The van der Waals surface area contributed by atoms with Crippen LogP contribution in [0.3, 0.4) is 0 Å². The molecule has 0 aliphatic rings. The van der Waals surface area contributed by atoms with Gasteiger partial charge in [-0.15, -0.1) is 0 Å². The lowest BCUT2D eigenvalue weighted by atomic mass is 10.3. The second kappa shape index (κ2) is 19.0. The van der Waals surface area contributed by atoms with Gasteiger partial charge < -0.3 is 60.5 Å². The Morgan fingerprint density at radius 1 is 0.574 bits per heavy atom. The zero-order valence-electron chi connectivity index (χ0n) is 35.2. The maximum atomic E-state index is 13.4. The van der Waals surface area contributed by atoms with Gasteiger partial charge in [-0.25, -0.2) is 15.0 Å². The Morgan fingerprint density at radius 2 is 1.00 bits per heavy atom. The second-order valence-corrected chi connectivity index (χ2v) is 15.0. The predicted molar refractivity (Wildman–Crippen MR) is 224 cm³/mol. The Labute approximate surface area is 350 Å². The van der Waals surface area contributed by atoms with Crippen LogP contribution < -0.4 is 37.6 Å². The second-order valence-electron chi connectivity index (χ2n) is 15.0. The first kappa shape index (κ1) is 44.6. The Morgan fingerprint density at radius 3 is 1.43 bits per heavy atom. The molecule has 0 saturated heterocycles. The van der Waals surface area contributed by atoms with Crippen LogP contribution >= 0.6 is 0 Å². The molecule has 61 heavy (non-hydrogen) atoms. The van der Waals surface area contributed by atoms with E-state index in [9.17, 15) is 33.6 Å². The molecule has 0 unspecified atom stereocenters. The maximum absolute atomic E-state index is 13.4. The van der Waals surface area contributed by atoms with Gasteiger partial charge in [0.25, 0.3) is 29.5 Å². The number of aryl methyl sites for hydroxylation is 2. The molecule has 22 heteroatoms. The molecule has 0 saturated carbocycles. The molecule has 0 aliphatic carbocycles. The molecule has 0 atom stereocenters. The fraction of sp³-hybridized carbons (Fsp3) is 0.385. The molecular formula is C39H51N15O7. The minimum Gasteiger partial charge on any atom is -0.363 e. The number of nitrogens with zero attached hydrogens (tertiary/aromatic N) is 8. The quantitative estimate of drug-likeness (QED) is 0.0677. The highest BCUT2D eigenvalue weighted by atomic mass is 16.2. The molecule has 5 heterocycles. The largest absolute Gasteiger partial charge is 0.363 e. The van der Waals surface area contributed by atoms with Crippen LogP contribution in [0.4, 0.5) is 23.0 Å². The molecule has 5 rings (SSSR count). The smallest absolute Gasteiger partial charge is 0.291 e. The van der Waals surface area contributed by atoms with Crippen LogP contribution in [0, 0.1) is 0 Å². The van der Waals surface area contributed by atoms with E-state index in [-0.39, 0.29) is 84.6 Å². The number of hydrogen-bond donors (Lipinski definition) is 7. The Hall–Kier alpha value is -7.52. The summed E-state index contributed by atoms with van der Waals surface area (Å²) in [5.41, 5.74) is 6.55. The Kier molecular flexibility index (Phi) is 13.9. The lowest BCUT2D eigenvalue weighted by molar-refractivity contribution is -0.116. The molecular weight excluding hydrogens is 791 g/mol. The summed E-state index contributed by atoms with van der Waals surface area (Å²) >= 11 is 0. The van der Waals surface area contributed by atoms with Crippen molar-refractivity contribution in [2.45, 2.75) is 72.5 Å². The van der Waals surface area contributed by atoms with Gasteiger partial charge in [-0.2, -0.15) is 0 Å². The van der Waals surface area contributed by atoms with Crippen molar-refractivity contribution in [1.29, 1.82) is 0 Å². The molecule has 5 aromatic heterocycles. The molecule has 0 fully saturated rings. The van der Waals surface area contributed by atoms with E-state index in [0.29, 0.717) is 11.4 Å². The maximum Gasteiger partial charge on any atom is 0.291 e. The molecule has 324 valence electrons. The molecule has 0 spiro atoms. The van der Waals surface area contributed by atoms with E-state index in [0.717, 1.165) is 0 Å². The summed E-state index contributed by atoms with van der Waals surface area (Å²) < 4.78 is 7.92. The Bertz CT molecular complexity index is 2460. The highest BCUT2D eigenvalue weighted by Crippen LogP contribution is 2.20. The van der Waals surface area contributed by atoms with Gasteiger partial charge >= 0.3 is 0 Å². The number of carbonyl (C=O) groups excluding carboxylic acids is 7. The number of aromatic nitrogens is 8. The van der Waals surface area contributed by atoms with Gasteiger partial charge in [0.15, 0.2) is 17.5 Å². The minimum atomic E-state index is -0.729. The van der Waals surface area contributed by atoms with Gasteiger partial charge in [-0.05, 0) is 53.7 Å². The third-order valence-corrected chi connectivity index (χ3v) is 9.23. The summed E-state index contributed by atoms with van der Waals surface area (Å²) in [6.07, 6.45) is 9.23. The summed E-state index contributed by atoms with van der Waals surface area (Å²) in [6.45, 7) is 11.2. The minimum absolute atomic E-state index is 0.000398. The monoisotopic (exact) mass is 841 g/mol. The van der Waals surface area contributed by atoms with E-state index in [2.05, 4.69) is 46.9 Å². The molecule has 0 aromatic carbocycles. The topological polar surface area (TPSA) is 281 Å². The average Bonchev–Trinajstić information content (AvgIpc) is 4.02. The standard InChI is InChI=1S/C39H51N15O7/c1-21(2)52-14-13-41-34(52)38(60)44-24-15-26(50(7)17-24)36(58)43-12-10-31(56)47-29-20-54(23(5)6)35(49-29)39(61)45-25-16-27(51(8)18-25)37(59)42-11-9-30(55)46-28-19-53(22(3)4)33(48-28)32(40)57/h13-23H,9-12H2,1-8H3,(H2,40,57)(H,42,59)(H,43,58)(H,44,60)(H,45,61)(H,46,55)(H,47,56). The fourth-order valence-electron chi connectivity index (χ4n) is 6.21. The SMILES string of the molecule is CC(C)n1cc(NC(=O)CCNC(=O)c2cc(NC(=O)c3nc(NC(=O)CCNC(=O)c4cc(NC(=O)c5nccn5C(C)C)cn4C)cn3C(C)C)cn2C)nc1C(N)=O.